The number of carbonyl (C=O) groups is 2. The molecule has 0 unspecified atom stereocenters. The largest absolute Gasteiger partial charge is 0.478 e. The van der Waals surface area contributed by atoms with Crippen LogP contribution in [0.15, 0.2) is 18.2 Å². The van der Waals surface area contributed by atoms with E-state index in [0.717, 1.165) is 37.8 Å². The summed E-state index contributed by atoms with van der Waals surface area (Å²) in [5.74, 6) is -1.91. The number of nitrogens with one attached hydrogen (secondary N) is 1. The Morgan fingerprint density at radius 2 is 2.14 bits per heavy atom. The molecule has 0 aliphatic heterocycles. The predicted octanol–water partition coefficient (Wildman–Crippen LogP) is 3.32. The summed E-state index contributed by atoms with van der Waals surface area (Å²) in [4.78, 5) is 25.1. The van der Waals surface area contributed by atoms with Crippen molar-refractivity contribution in [3.05, 3.63) is 29.6 Å². The number of nitrogens with zero attached hydrogens (tertiary/aromatic N) is 1. The fraction of sp³-hybridized carbons (Fsp3) is 0.467. The van der Waals surface area contributed by atoms with Crippen molar-refractivity contribution < 1.29 is 19.1 Å². The zero-order valence-corrected chi connectivity index (χ0v) is 11.9. The highest BCUT2D eigenvalue weighted by Gasteiger charge is 2.32. The molecule has 0 heterocycles. The number of amides is 2. The summed E-state index contributed by atoms with van der Waals surface area (Å²) in [5.41, 5.74) is -0.120. The van der Waals surface area contributed by atoms with Crippen molar-refractivity contribution in [2.45, 2.75) is 38.6 Å². The number of urea groups is 1. The summed E-state index contributed by atoms with van der Waals surface area (Å²) >= 11 is 0. The lowest BCUT2D eigenvalue weighted by molar-refractivity contribution is 0.0697. The van der Waals surface area contributed by atoms with Crippen molar-refractivity contribution in [1.29, 1.82) is 0 Å². The van der Waals surface area contributed by atoms with Crippen molar-refractivity contribution in [2.75, 3.05) is 11.9 Å². The van der Waals surface area contributed by atoms with E-state index in [1.54, 1.807) is 4.90 Å². The topological polar surface area (TPSA) is 69.6 Å². The third kappa shape index (κ3) is 3.93. The smallest absolute Gasteiger partial charge is 0.337 e. The Morgan fingerprint density at radius 3 is 2.71 bits per heavy atom. The van der Waals surface area contributed by atoms with Gasteiger partial charge in [0, 0.05) is 12.6 Å². The standard InChI is InChI=1S/C15H19FN2O3/c1-2-3-8-18(11-5-6-11)15(21)17-13-7-4-10(16)9-12(13)14(19)20/h4,7,9,11H,2-3,5-6,8H2,1H3,(H,17,21)(H,19,20). The van der Waals surface area contributed by atoms with Gasteiger partial charge in [-0.15, -0.1) is 0 Å². The van der Waals surface area contributed by atoms with E-state index >= 15 is 0 Å². The lowest BCUT2D eigenvalue weighted by atomic mass is 10.1. The van der Waals surface area contributed by atoms with Gasteiger partial charge in [-0.05, 0) is 37.5 Å². The minimum Gasteiger partial charge on any atom is -0.478 e. The van der Waals surface area contributed by atoms with Gasteiger partial charge in [0.05, 0.1) is 11.3 Å². The second-order valence-electron chi connectivity index (χ2n) is 5.20. The Kier molecular flexibility index (Phi) is 4.77. The molecule has 0 saturated heterocycles. The molecule has 1 saturated carbocycles. The molecule has 114 valence electrons. The minimum atomic E-state index is -1.27. The number of hydrogen-bond acceptors (Lipinski definition) is 2. The first-order chi connectivity index (χ1) is 10.0. The maximum atomic E-state index is 13.1. The molecule has 2 rings (SSSR count). The molecule has 0 aromatic heterocycles. The van der Waals surface area contributed by atoms with E-state index in [9.17, 15) is 14.0 Å². The van der Waals surface area contributed by atoms with Gasteiger partial charge in [0.15, 0.2) is 0 Å². The second kappa shape index (κ2) is 6.56. The van der Waals surface area contributed by atoms with Crippen molar-refractivity contribution in [2.24, 2.45) is 0 Å². The van der Waals surface area contributed by atoms with E-state index in [4.69, 9.17) is 5.11 Å². The van der Waals surface area contributed by atoms with Gasteiger partial charge in [-0.25, -0.2) is 14.0 Å². The van der Waals surface area contributed by atoms with Crippen LogP contribution in [0.25, 0.3) is 0 Å². The molecular formula is C15H19FN2O3. The van der Waals surface area contributed by atoms with E-state index in [-0.39, 0.29) is 23.3 Å². The summed E-state index contributed by atoms with van der Waals surface area (Å²) in [5, 5.41) is 11.7. The van der Waals surface area contributed by atoms with Crippen molar-refractivity contribution >= 4 is 17.7 Å². The summed E-state index contributed by atoms with van der Waals surface area (Å²) < 4.78 is 13.1. The molecule has 0 radical (unpaired) electrons. The number of halogens is 1. The molecule has 0 atom stereocenters. The first-order valence-corrected chi connectivity index (χ1v) is 7.13. The highest BCUT2D eigenvalue weighted by Crippen LogP contribution is 2.28. The van der Waals surface area contributed by atoms with Crippen LogP contribution in [0.5, 0.6) is 0 Å². The van der Waals surface area contributed by atoms with Gasteiger partial charge in [0.2, 0.25) is 0 Å². The molecule has 1 aliphatic rings. The number of benzene rings is 1. The van der Waals surface area contributed by atoms with Crippen LogP contribution in [0.4, 0.5) is 14.9 Å². The molecule has 2 amide bonds. The Hall–Kier alpha value is -2.11. The molecule has 2 N–H and O–H groups in total. The van der Waals surface area contributed by atoms with Crippen LogP contribution in [-0.2, 0) is 0 Å². The number of carbonyl (C=O) groups excluding carboxylic acids is 1. The highest BCUT2D eigenvalue weighted by molar-refractivity contribution is 6.00. The second-order valence-corrected chi connectivity index (χ2v) is 5.20. The average Bonchev–Trinajstić information content (AvgIpc) is 3.25. The van der Waals surface area contributed by atoms with Gasteiger partial charge < -0.3 is 15.3 Å². The lowest BCUT2D eigenvalue weighted by Crippen LogP contribution is -2.37. The van der Waals surface area contributed by atoms with Crippen LogP contribution < -0.4 is 5.32 Å². The molecule has 5 nitrogen and oxygen atoms in total. The quantitative estimate of drug-likeness (QED) is 0.845. The third-order valence-corrected chi connectivity index (χ3v) is 3.45. The molecule has 1 aromatic carbocycles. The van der Waals surface area contributed by atoms with Gasteiger partial charge in [0.25, 0.3) is 0 Å². The lowest BCUT2D eigenvalue weighted by Gasteiger charge is -2.23. The Bertz CT molecular complexity index is 544. The SMILES string of the molecule is CCCCN(C(=O)Nc1ccc(F)cc1C(=O)O)C1CC1. The molecule has 6 heteroatoms. The Morgan fingerprint density at radius 1 is 1.43 bits per heavy atom. The van der Waals surface area contributed by atoms with E-state index in [0.29, 0.717) is 6.54 Å². The third-order valence-electron chi connectivity index (χ3n) is 3.45. The number of hydrogen-bond donors (Lipinski definition) is 2. The van der Waals surface area contributed by atoms with Crippen LogP contribution in [0.3, 0.4) is 0 Å². The van der Waals surface area contributed by atoms with Gasteiger partial charge in [-0.2, -0.15) is 0 Å². The van der Waals surface area contributed by atoms with E-state index in [2.05, 4.69) is 5.32 Å². The number of carboxylic acid groups (broad SMARTS) is 1. The number of aromatic carboxylic acids is 1. The van der Waals surface area contributed by atoms with Crippen molar-refractivity contribution in [3.63, 3.8) is 0 Å². The average molecular weight is 294 g/mol. The fourth-order valence-electron chi connectivity index (χ4n) is 2.15. The van der Waals surface area contributed by atoms with Crippen LogP contribution >= 0.6 is 0 Å². The first kappa shape index (κ1) is 15.3. The maximum Gasteiger partial charge on any atom is 0.337 e. The first-order valence-electron chi connectivity index (χ1n) is 7.13. The monoisotopic (exact) mass is 294 g/mol. The summed E-state index contributed by atoms with van der Waals surface area (Å²) in [7, 11) is 0. The van der Waals surface area contributed by atoms with E-state index in [1.807, 2.05) is 6.92 Å². The number of unbranched alkanes of at least 4 members (excludes halogenated alkanes) is 1. The van der Waals surface area contributed by atoms with Gasteiger partial charge >= 0.3 is 12.0 Å². The zero-order valence-electron chi connectivity index (χ0n) is 11.9. The highest BCUT2D eigenvalue weighted by atomic mass is 19.1. The molecule has 1 aromatic rings. The predicted molar refractivity (Wildman–Crippen MR) is 77.0 cm³/mol. The summed E-state index contributed by atoms with van der Waals surface area (Å²) in [6, 6.07) is 3.24. The van der Waals surface area contributed by atoms with Crippen molar-refractivity contribution in [1.82, 2.24) is 4.90 Å². The summed E-state index contributed by atoms with van der Waals surface area (Å²) in [6.07, 6.45) is 3.84. The van der Waals surface area contributed by atoms with E-state index in [1.165, 1.54) is 6.07 Å². The van der Waals surface area contributed by atoms with Crippen LogP contribution in [0.2, 0.25) is 0 Å². The molecule has 1 fully saturated rings. The van der Waals surface area contributed by atoms with Crippen LogP contribution in [0.1, 0.15) is 43.0 Å². The van der Waals surface area contributed by atoms with Gasteiger partial charge in [-0.1, -0.05) is 13.3 Å². The fourth-order valence-corrected chi connectivity index (χ4v) is 2.15. The van der Waals surface area contributed by atoms with Gasteiger partial charge in [0.1, 0.15) is 5.82 Å². The Labute approximate surface area is 122 Å². The van der Waals surface area contributed by atoms with Crippen LogP contribution in [-0.4, -0.2) is 34.6 Å². The minimum absolute atomic E-state index is 0.121. The molecule has 0 spiro atoms. The van der Waals surface area contributed by atoms with Crippen LogP contribution in [0, 0.1) is 5.82 Å². The molecule has 0 bridgehead atoms. The van der Waals surface area contributed by atoms with E-state index < -0.39 is 11.8 Å². The molecule has 21 heavy (non-hydrogen) atoms. The number of rotatable bonds is 6. The molecular weight excluding hydrogens is 275 g/mol. The summed E-state index contributed by atoms with van der Waals surface area (Å²) in [6.45, 7) is 2.70. The van der Waals surface area contributed by atoms with Gasteiger partial charge in [-0.3, -0.25) is 0 Å². The molecule has 1 aliphatic carbocycles. The zero-order chi connectivity index (χ0) is 15.4. The van der Waals surface area contributed by atoms with Crippen molar-refractivity contribution in [3.8, 4) is 0 Å². The normalized spacial score (nSPS) is 13.8. The maximum absolute atomic E-state index is 13.1. The number of carboxylic acids is 1. The number of anilines is 1. The Balaban J connectivity index is 2.12.